The van der Waals surface area contributed by atoms with Crippen LogP contribution in [-0.4, -0.2) is 0 Å². The third-order valence-corrected chi connectivity index (χ3v) is 4.08. The van der Waals surface area contributed by atoms with Crippen molar-refractivity contribution < 1.29 is 0 Å². The largest absolute Gasteiger partial charge is 0.111 e. The van der Waals surface area contributed by atoms with Crippen LogP contribution in [0.15, 0.2) is 58.5 Å². The third-order valence-electron chi connectivity index (χ3n) is 1.59. The average Bonchev–Trinajstić information content (AvgIpc) is 2.77. The fourth-order valence-corrected chi connectivity index (χ4v) is 2.72. The van der Waals surface area contributed by atoms with E-state index in [1.807, 2.05) is 36.5 Å². The van der Waals surface area contributed by atoms with Crippen LogP contribution in [0.2, 0.25) is 0 Å². The summed E-state index contributed by atoms with van der Waals surface area (Å²) in [4.78, 5) is 0. The minimum Gasteiger partial charge on any atom is -0.111 e. The molecule has 0 radical (unpaired) electrons. The highest BCUT2D eigenvalue weighted by Crippen LogP contribution is 2.58. The summed E-state index contributed by atoms with van der Waals surface area (Å²) < 4.78 is 0. The molecule has 58 valence electrons. The Balaban J connectivity index is 2.26. The summed E-state index contributed by atoms with van der Waals surface area (Å²) in [5, 5.41) is 2.16. The zero-order chi connectivity index (χ0) is 8.39. The Morgan fingerprint density at radius 3 is 1.83 bits per heavy atom. The zero-order valence-corrected chi connectivity index (χ0v) is 7.94. The van der Waals surface area contributed by atoms with Gasteiger partial charge in [0.1, 0.15) is 0 Å². The summed E-state index contributed by atoms with van der Waals surface area (Å²) in [6, 6.07) is 0. The summed E-state index contributed by atoms with van der Waals surface area (Å²) in [5.74, 6) is 0. The van der Waals surface area contributed by atoms with Crippen LogP contribution < -0.4 is 0 Å². The monoisotopic (exact) mass is 192 g/mol. The van der Waals surface area contributed by atoms with E-state index in [-0.39, 0.29) is 0 Å². The highest BCUT2D eigenvalue weighted by atomic mass is 35.7. The quantitative estimate of drug-likeness (QED) is 0.461. The van der Waals surface area contributed by atoms with Gasteiger partial charge in [-0.05, 0) is 24.3 Å². The second-order valence-electron chi connectivity index (χ2n) is 2.39. The zero-order valence-electron chi connectivity index (χ0n) is 6.29. The van der Waals surface area contributed by atoms with Gasteiger partial charge in [0.05, 0.1) is 7.27 Å². The van der Waals surface area contributed by atoms with Gasteiger partial charge in [-0.3, -0.25) is 0 Å². The van der Waals surface area contributed by atoms with Gasteiger partial charge in [-0.15, -0.1) is 11.5 Å². The van der Waals surface area contributed by atoms with Gasteiger partial charge in [-0.1, -0.05) is 23.4 Å². The van der Waals surface area contributed by atoms with Crippen molar-refractivity contribution in [3.63, 3.8) is 0 Å². The van der Waals surface area contributed by atoms with Crippen molar-refractivity contribution in [2.45, 2.75) is 0 Å². The molecule has 0 bridgehead atoms. The van der Waals surface area contributed by atoms with Crippen molar-refractivity contribution in [3.05, 3.63) is 58.5 Å². The lowest BCUT2D eigenvalue weighted by molar-refractivity contribution is 1.96. The summed E-state index contributed by atoms with van der Waals surface area (Å²) in [5.41, 5.74) is 6.20. The highest BCUT2D eigenvalue weighted by Gasteiger charge is 2.13. The van der Waals surface area contributed by atoms with Crippen LogP contribution in [-0.2, 0) is 0 Å². The molecule has 0 atom stereocenters. The smallest absolute Gasteiger partial charge is 0.0683 e. The molecule has 2 heteroatoms. The molecule has 0 aromatic carbocycles. The number of allylic oxidation sites excluding steroid dienone is 6. The van der Waals surface area contributed by atoms with Gasteiger partial charge in [0.25, 0.3) is 0 Å². The molecule has 0 unspecified atom stereocenters. The lowest BCUT2D eigenvalue weighted by Crippen LogP contribution is -1.69. The summed E-state index contributed by atoms with van der Waals surface area (Å²) >= 11 is 6.22. The van der Waals surface area contributed by atoms with Crippen LogP contribution in [0.1, 0.15) is 0 Å². The maximum atomic E-state index is 6.22. The van der Waals surface area contributed by atoms with Crippen LogP contribution in [0.25, 0.3) is 0 Å². The fraction of sp³-hybridized carbons (Fsp3) is 0. The van der Waals surface area contributed by atoms with E-state index in [1.165, 1.54) is 0 Å². The van der Waals surface area contributed by atoms with E-state index in [0.29, 0.717) is 0 Å². The topological polar surface area (TPSA) is 0 Å². The van der Waals surface area contributed by atoms with Crippen LogP contribution in [0.4, 0.5) is 0 Å². The van der Waals surface area contributed by atoms with Crippen molar-refractivity contribution in [1.29, 1.82) is 0 Å². The van der Waals surface area contributed by atoms with Gasteiger partial charge in [-0.2, -0.15) is 0 Å². The molecule has 0 N–H and O–H groups in total. The molecule has 2 aliphatic rings. The maximum Gasteiger partial charge on any atom is 0.0683 e. The van der Waals surface area contributed by atoms with E-state index in [9.17, 15) is 0 Å². The predicted molar refractivity (Wildman–Crippen MR) is 54.2 cm³/mol. The highest BCUT2D eigenvalue weighted by molar-refractivity contribution is 7.90. The van der Waals surface area contributed by atoms with Crippen molar-refractivity contribution in [2.75, 3.05) is 0 Å². The van der Waals surface area contributed by atoms with Crippen molar-refractivity contribution >= 4 is 18.5 Å². The SMILES string of the molecule is ClP(C1=C=CC=C1)C1=C=CC=C1. The van der Waals surface area contributed by atoms with Gasteiger partial charge in [-0.25, -0.2) is 0 Å². The molecule has 0 nitrogen and oxygen atoms in total. The first kappa shape index (κ1) is 7.87. The summed E-state index contributed by atoms with van der Waals surface area (Å²) in [6.45, 7) is 0. The number of rotatable bonds is 2. The van der Waals surface area contributed by atoms with Crippen LogP contribution in [0.3, 0.4) is 0 Å². The maximum absolute atomic E-state index is 6.22. The van der Waals surface area contributed by atoms with Crippen molar-refractivity contribution in [2.24, 2.45) is 0 Å². The van der Waals surface area contributed by atoms with Gasteiger partial charge < -0.3 is 0 Å². The Hall–Kier alpha value is -0.760. The second-order valence-corrected chi connectivity index (χ2v) is 4.93. The van der Waals surface area contributed by atoms with E-state index < -0.39 is 7.27 Å². The molecular formula is C10H6ClP. The van der Waals surface area contributed by atoms with Gasteiger partial charge in [0, 0.05) is 10.6 Å². The molecule has 0 aromatic rings. The normalized spacial score (nSPS) is 17.8. The Labute approximate surface area is 77.5 Å². The lowest BCUT2D eigenvalue weighted by Gasteiger charge is -2.04. The number of hydrogen-bond acceptors (Lipinski definition) is 0. The molecule has 0 spiro atoms. The standard InChI is InChI=1S/C10H6ClP/c11-12(9-5-1-2-6-9)10-7-3-4-8-10/h1-5,7H. The molecule has 0 amide bonds. The Morgan fingerprint density at radius 1 is 1.00 bits per heavy atom. The fourth-order valence-electron chi connectivity index (χ4n) is 1.02. The van der Waals surface area contributed by atoms with E-state index in [0.717, 1.165) is 10.6 Å². The van der Waals surface area contributed by atoms with E-state index in [2.05, 4.69) is 11.5 Å². The van der Waals surface area contributed by atoms with Gasteiger partial charge >= 0.3 is 0 Å². The van der Waals surface area contributed by atoms with E-state index >= 15 is 0 Å². The Morgan fingerprint density at radius 2 is 1.50 bits per heavy atom. The van der Waals surface area contributed by atoms with Crippen LogP contribution in [0, 0.1) is 0 Å². The Kier molecular flexibility index (Phi) is 2.17. The number of hydrogen-bond donors (Lipinski definition) is 0. The lowest BCUT2D eigenvalue weighted by atomic mass is 10.6. The number of halogens is 1. The molecule has 0 aromatic heterocycles. The molecule has 0 saturated carbocycles. The molecule has 2 rings (SSSR count). The van der Waals surface area contributed by atoms with E-state index in [1.54, 1.807) is 0 Å². The molecule has 0 saturated heterocycles. The summed E-state index contributed by atoms with van der Waals surface area (Å²) in [6.07, 6.45) is 11.7. The minimum absolute atomic E-state index is 0.736. The van der Waals surface area contributed by atoms with Crippen LogP contribution >= 0.6 is 18.5 Å². The third kappa shape index (κ3) is 1.39. The molecule has 0 heterocycles. The van der Waals surface area contributed by atoms with Crippen molar-refractivity contribution in [1.82, 2.24) is 0 Å². The van der Waals surface area contributed by atoms with E-state index in [4.69, 9.17) is 11.2 Å². The molecule has 12 heavy (non-hydrogen) atoms. The van der Waals surface area contributed by atoms with Gasteiger partial charge in [0.15, 0.2) is 0 Å². The van der Waals surface area contributed by atoms with Gasteiger partial charge in [0.2, 0.25) is 0 Å². The Bertz CT molecular complexity index is 348. The molecular weight excluding hydrogens is 187 g/mol. The van der Waals surface area contributed by atoms with Crippen LogP contribution in [0.5, 0.6) is 0 Å². The molecule has 2 aliphatic carbocycles. The first-order valence-electron chi connectivity index (χ1n) is 3.60. The molecule has 0 aliphatic heterocycles. The minimum atomic E-state index is -0.736. The summed E-state index contributed by atoms with van der Waals surface area (Å²) in [7, 11) is -0.736. The predicted octanol–water partition coefficient (Wildman–Crippen LogP) is 3.84. The second kappa shape index (κ2) is 3.31. The van der Waals surface area contributed by atoms with Crippen molar-refractivity contribution in [3.8, 4) is 0 Å². The average molecular weight is 193 g/mol. The first-order chi connectivity index (χ1) is 5.88. The molecule has 0 fully saturated rings. The first-order valence-corrected chi connectivity index (χ1v) is 5.85.